The first kappa shape index (κ1) is 9.30. The van der Waals surface area contributed by atoms with Gasteiger partial charge in [0.25, 0.3) is 0 Å². The molecule has 0 radical (unpaired) electrons. The maximum absolute atomic E-state index is 5.16. The Bertz CT molecular complexity index is 127. The van der Waals surface area contributed by atoms with Crippen LogP contribution in [0.15, 0.2) is 11.6 Å². The van der Waals surface area contributed by atoms with Crippen molar-refractivity contribution in [1.29, 1.82) is 0 Å². The van der Waals surface area contributed by atoms with Crippen LogP contribution in [-0.2, 0) is 0 Å². The molecule has 0 bridgehead atoms. The standard InChI is InChI=1S/C10H16/c1-4-7-10(8-5-2)9-6-3/h1,7H,5-6,8-9H2,2-3H3. The monoisotopic (exact) mass is 136 g/mol. The summed E-state index contributed by atoms with van der Waals surface area (Å²) in [6.45, 7) is 4.36. The van der Waals surface area contributed by atoms with Crippen molar-refractivity contribution in [3.63, 3.8) is 0 Å². The Hall–Kier alpha value is -0.700. The smallest absolute Gasteiger partial charge is 0.0130 e. The number of rotatable bonds is 4. The summed E-state index contributed by atoms with van der Waals surface area (Å²) in [6.07, 6.45) is 11.8. The summed E-state index contributed by atoms with van der Waals surface area (Å²) in [7, 11) is 0. The first-order chi connectivity index (χ1) is 4.85. The Labute approximate surface area is 64.3 Å². The summed E-state index contributed by atoms with van der Waals surface area (Å²) >= 11 is 0. The molecule has 0 heteroatoms. The van der Waals surface area contributed by atoms with Crippen LogP contribution < -0.4 is 0 Å². The second-order valence-electron chi connectivity index (χ2n) is 2.47. The lowest BCUT2D eigenvalue weighted by atomic mass is 10.1. The van der Waals surface area contributed by atoms with Crippen LogP contribution in [0.1, 0.15) is 39.5 Å². The largest absolute Gasteiger partial charge is 0.115 e. The van der Waals surface area contributed by atoms with Gasteiger partial charge in [0.2, 0.25) is 0 Å². The first-order valence-electron chi connectivity index (χ1n) is 3.99. The highest BCUT2D eigenvalue weighted by molar-refractivity contribution is 5.17. The van der Waals surface area contributed by atoms with Gasteiger partial charge in [0.15, 0.2) is 0 Å². The quantitative estimate of drug-likeness (QED) is 0.521. The van der Waals surface area contributed by atoms with Crippen LogP contribution in [-0.4, -0.2) is 0 Å². The Morgan fingerprint density at radius 3 is 2.10 bits per heavy atom. The molecule has 0 amide bonds. The van der Waals surface area contributed by atoms with Gasteiger partial charge in [-0.15, -0.1) is 6.42 Å². The molecule has 0 saturated heterocycles. The maximum Gasteiger partial charge on any atom is -0.0130 e. The lowest BCUT2D eigenvalue weighted by Gasteiger charge is -2.00. The van der Waals surface area contributed by atoms with E-state index in [1.165, 1.54) is 18.4 Å². The number of allylic oxidation sites excluding steroid dienone is 2. The highest BCUT2D eigenvalue weighted by Crippen LogP contribution is 2.10. The van der Waals surface area contributed by atoms with Crippen molar-refractivity contribution in [2.75, 3.05) is 0 Å². The van der Waals surface area contributed by atoms with Gasteiger partial charge in [0, 0.05) is 0 Å². The van der Waals surface area contributed by atoms with Gasteiger partial charge in [-0.05, 0) is 18.9 Å². The summed E-state index contributed by atoms with van der Waals surface area (Å²) in [6, 6.07) is 0. The average molecular weight is 136 g/mol. The van der Waals surface area contributed by atoms with Crippen molar-refractivity contribution in [3.05, 3.63) is 11.6 Å². The normalized spacial score (nSPS) is 8.50. The minimum atomic E-state index is 1.16. The third-order valence-corrected chi connectivity index (χ3v) is 1.43. The molecule has 0 heterocycles. The molecule has 0 nitrogen and oxygen atoms in total. The molecule has 0 aromatic carbocycles. The van der Waals surface area contributed by atoms with E-state index in [2.05, 4.69) is 19.8 Å². The fourth-order valence-electron chi connectivity index (χ4n) is 1.03. The Kier molecular flexibility index (Phi) is 5.97. The highest BCUT2D eigenvalue weighted by Gasteiger charge is 1.91. The van der Waals surface area contributed by atoms with Gasteiger partial charge in [-0.3, -0.25) is 0 Å². The van der Waals surface area contributed by atoms with Crippen molar-refractivity contribution < 1.29 is 0 Å². The van der Waals surface area contributed by atoms with Crippen molar-refractivity contribution in [1.82, 2.24) is 0 Å². The van der Waals surface area contributed by atoms with E-state index in [1.807, 2.05) is 6.08 Å². The van der Waals surface area contributed by atoms with Crippen LogP contribution in [0.4, 0.5) is 0 Å². The molecule has 56 valence electrons. The molecular weight excluding hydrogens is 120 g/mol. The summed E-state index contributed by atoms with van der Waals surface area (Å²) < 4.78 is 0. The van der Waals surface area contributed by atoms with Crippen LogP contribution in [0.2, 0.25) is 0 Å². The zero-order valence-electron chi connectivity index (χ0n) is 6.98. The third-order valence-electron chi connectivity index (χ3n) is 1.43. The molecule has 0 fully saturated rings. The molecule has 0 aromatic rings. The summed E-state index contributed by atoms with van der Waals surface area (Å²) in [5, 5.41) is 0. The molecule has 0 unspecified atom stereocenters. The summed E-state index contributed by atoms with van der Waals surface area (Å²) in [4.78, 5) is 0. The van der Waals surface area contributed by atoms with Gasteiger partial charge in [0.1, 0.15) is 0 Å². The van der Waals surface area contributed by atoms with E-state index >= 15 is 0 Å². The van der Waals surface area contributed by atoms with Crippen LogP contribution in [0.5, 0.6) is 0 Å². The molecule has 0 aliphatic carbocycles. The van der Waals surface area contributed by atoms with Gasteiger partial charge in [-0.2, -0.15) is 0 Å². The van der Waals surface area contributed by atoms with Crippen molar-refractivity contribution in [3.8, 4) is 12.3 Å². The zero-order valence-corrected chi connectivity index (χ0v) is 6.98. The van der Waals surface area contributed by atoms with E-state index < -0.39 is 0 Å². The molecule has 0 atom stereocenters. The molecule has 0 N–H and O–H groups in total. The van der Waals surface area contributed by atoms with E-state index in [-0.39, 0.29) is 0 Å². The van der Waals surface area contributed by atoms with Crippen molar-refractivity contribution in [2.24, 2.45) is 0 Å². The fourth-order valence-corrected chi connectivity index (χ4v) is 1.03. The van der Waals surface area contributed by atoms with E-state index in [9.17, 15) is 0 Å². The molecule has 0 rings (SSSR count). The van der Waals surface area contributed by atoms with E-state index in [1.54, 1.807) is 0 Å². The minimum absolute atomic E-state index is 1.16. The van der Waals surface area contributed by atoms with E-state index in [0.717, 1.165) is 12.8 Å². The molecule has 0 aliphatic heterocycles. The molecule has 0 saturated carbocycles. The Morgan fingerprint density at radius 2 is 1.80 bits per heavy atom. The van der Waals surface area contributed by atoms with E-state index in [4.69, 9.17) is 6.42 Å². The predicted octanol–water partition coefficient (Wildman–Crippen LogP) is 3.15. The van der Waals surface area contributed by atoms with Crippen LogP contribution >= 0.6 is 0 Å². The molecule has 0 spiro atoms. The van der Waals surface area contributed by atoms with Gasteiger partial charge < -0.3 is 0 Å². The van der Waals surface area contributed by atoms with Crippen molar-refractivity contribution >= 4 is 0 Å². The second-order valence-corrected chi connectivity index (χ2v) is 2.47. The number of hydrogen-bond donors (Lipinski definition) is 0. The summed E-state index contributed by atoms with van der Waals surface area (Å²) in [5.41, 5.74) is 1.42. The first-order valence-corrected chi connectivity index (χ1v) is 3.99. The maximum atomic E-state index is 5.16. The minimum Gasteiger partial charge on any atom is -0.115 e. The Balaban J connectivity index is 3.75. The SMILES string of the molecule is C#CC=C(CCC)CCC. The van der Waals surface area contributed by atoms with Crippen LogP contribution in [0.25, 0.3) is 0 Å². The Morgan fingerprint density at radius 1 is 1.30 bits per heavy atom. The van der Waals surface area contributed by atoms with Crippen molar-refractivity contribution in [2.45, 2.75) is 39.5 Å². The fraction of sp³-hybridized carbons (Fsp3) is 0.600. The second kappa shape index (κ2) is 6.42. The molecule has 0 aliphatic rings. The van der Waals surface area contributed by atoms with Gasteiger partial charge >= 0.3 is 0 Å². The van der Waals surface area contributed by atoms with Crippen LogP contribution in [0.3, 0.4) is 0 Å². The van der Waals surface area contributed by atoms with Gasteiger partial charge in [0.05, 0.1) is 0 Å². The highest BCUT2D eigenvalue weighted by atomic mass is 14.0. The molecule has 10 heavy (non-hydrogen) atoms. The topological polar surface area (TPSA) is 0 Å². The molecular formula is C10H16. The summed E-state index contributed by atoms with van der Waals surface area (Å²) in [5.74, 6) is 2.58. The third kappa shape index (κ3) is 4.21. The van der Waals surface area contributed by atoms with Crippen LogP contribution in [0, 0.1) is 12.3 Å². The lowest BCUT2D eigenvalue weighted by Crippen LogP contribution is -1.81. The lowest BCUT2D eigenvalue weighted by molar-refractivity contribution is 0.804. The van der Waals surface area contributed by atoms with E-state index in [0.29, 0.717) is 0 Å². The zero-order chi connectivity index (χ0) is 7.82. The van der Waals surface area contributed by atoms with Gasteiger partial charge in [-0.1, -0.05) is 38.2 Å². The number of hydrogen-bond acceptors (Lipinski definition) is 0. The van der Waals surface area contributed by atoms with Gasteiger partial charge in [-0.25, -0.2) is 0 Å². The average Bonchev–Trinajstić information content (AvgIpc) is 1.90. The molecule has 0 aromatic heterocycles. The predicted molar refractivity (Wildman–Crippen MR) is 46.7 cm³/mol. The number of terminal acetylenes is 1.